The number of hydrogen-bond acceptors (Lipinski definition) is 3. The number of anilines is 1. The van der Waals surface area contributed by atoms with E-state index in [0.717, 1.165) is 10.6 Å². The first-order chi connectivity index (χ1) is 9.30. The van der Waals surface area contributed by atoms with Gasteiger partial charge < -0.3 is 10.6 Å². The van der Waals surface area contributed by atoms with Gasteiger partial charge in [0.25, 0.3) is 0 Å². The first-order valence-electron chi connectivity index (χ1n) is 6.51. The molecule has 0 aliphatic heterocycles. The molecule has 0 unspecified atom stereocenters. The van der Waals surface area contributed by atoms with Gasteiger partial charge in [0.15, 0.2) is 0 Å². The summed E-state index contributed by atoms with van der Waals surface area (Å²) < 4.78 is 0. The van der Waals surface area contributed by atoms with Gasteiger partial charge in [0.2, 0.25) is 11.8 Å². The predicted molar refractivity (Wildman–Crippen MR) is 83.9 cm³/mol. The van der Waals surface area contributed by atoms with Crippen LogP contribution >= 0.6 is 11.8 Å². The van der Waals surface area contributed by atoms with Crippen molar-refractivity contribution in [1.29, 1.82) is 0 Å². The molecule has 1 aromatic rings. The minimum absolute atomic E-state index is 0.000801. The van der Waals surface area contributed by atoms with Crippen LogP contribution in [0.25, 0.3) is 0 Å². The molecular formula is C15H22N2O2S. The number of nitrogens with one attached hydrogen (secondary N) is 2. The Balaban J connectivity index is 2.38. The molecule has 0 fully saturated rings. The number of benzene rings is 1. The van der Waals surface area contributed by atoms with Gasteiger partial charge in [0.1, 0.15) is 0 Å². The molecule has 1 rings (SSSR count). The summed E-state index contributed by atoms with van der Waals surface area (Å²) in [6, 6.07) is 7.58. The highest BCUT2D eigenvalue weighted by molar-refractivity contribution is 7.98. The van der Waals surface area contributed by atoms with E-state index in [2.05, 4.69) is 10.6 Å². The van der Waals surface area contributed by atoms with Gasteiger partial charge in [-0.2, -0.15) is 0 Å². The van der Waals surface area contributed by atoms with Crippen LogP contribution < -0.4 is 10.6 Å². The third kappa shape index (κ3) is 6.61. The van der Waals surface area contributed by atoms with Gasteiger partial charge >= 0.3 is 0 Å². The molecule has 0 saturated heterocycles. The van der Waals surface area contributed by atoms with Crippen molar-refractivity contribution in [2.24, 2.45) is 5.41 Å². The van der Waals surface area contributed by atoms with Gasteiger partial charge in [0, 0.05) is 17.0 Å². The molecule has 0 atom stereocenters. The van der Waals surface area contributed by atoms with Crippen molar-refractivity contribution in [2.45, 2.75) is 32.1 Å². The van der Waals surface area contributed by atoms with E-state index in [1.807, 2.05) is 51.3 Å². The molecule has 0 aromatic heterocycles. The summed E-state index contributed by atoms with van der Waals surface area (Å²) in [5.41, 5.74) is 0.659. The van der Waals surface area contributed by atoms with Crippen molar-refractivity contribution in [3.8, 4) is 0 Å². The molecule has 20 heavy (non-hydrogen) atoms. The Morgan fingerprint density at radius 3 is 2.20 bits per heavy atom. The monoisotopic (exact) mass is 294 g/mol. The van der Waals surface area contributed by atoms with Crippen molar-refractivity contribution in [3.63, 3.8) is 0 Å². The molecular weight excluding hydrogens is 272 g/mol. The van der Waals surface area contributed by atoms with Crippen LogP contribution in [-0.2, 0) is 9.59 Å². The molecule has 1 aromatic carbocycles. The van der Waals surface area contributed by atoms with Crippen molar-refractivity contribution in [1.82, 2.24) is 5.32 Å². The fourth-order valence-corrected chi connectivity index (χ4v) is 2.01. The molecule has 2 amide bonds. The van der Waals surface area contributed by atoms with Crippen LogP contribution in [0.15, 0.2) is 29.2 Å². The molecule has 0 spiro atoms. The molecule has 0 heterocycles. The second-order valence-electron chi connectivity index (χ2n) is 5.79. The number of rotatable bonds is 5. The highest BCUT2D eigenvalue weighted by atomic mass is 32.2. The van der Waals surface area contributed by atoms with E-state index >= 15 is 0 Å². The SMILES string of the molecule is CSc1ccc(NC(=O)CNC(=O)CC(C)(C)C)cc1. The first-order valence-corrected chi connectivity index (χ1v) is 7.73. The molecule has 110 valence electrons. The average molecular weight is 294 g/mol. The Morgan fingerprint density at radius 1 is 1.10 bits per heavy atom. The standard InChI is InChI=1S/C15H22N2O2S/c1-15(2,3)9-13(18)16-10-14(19)17-11-5-7-12(20-4)8-6-11/h5-8H,9-10H2,1-4H3,(H,16,18)(H,17,19). The van der Waals surface area contributed by atoms with E-state index in [0.29, 0.717) is 6.42 Å². The molecule has 0 aliphatic rings. The maximum atomic E-state index is 11.7. The minimum Gasteiger partial charge on any atom is -0.347 e. The minimum atomic E-state index is -0.218. The molecule has 0 bridgehead atoms. The molecule has 0 radical (unpaired) electrons. The molecule has 0 aliphatic carbocycles. The fraction of sp³-hybridized carbons (Fsp3) is 0.467. The zero-order valence-corrected chi connectivity index (χ0v) is 13.3. The Bertz CT molecular complexity index is 464. The maximum absolute atomic E-state index is 11.7. The Morgan fingerprint density at radius 2 is 1.70 bits per heavy atom. The van der Waals surface area contributed by atoms with Crippen LogP contribution in [-0.4, -0.2) is 24.6 Å². The van der Waals surface area contributed by atoms with Crippen molar-refractivity contribution < 1.29 is 9.59 Å². The Hall–Kier alpha value is -1.49. The smallest absolute Gasteiger partial charge is 0.243 e. The quantitative estimate of drug-likeness (QED) is 0.821. The lowest BCUT2D eigenvalue weighted by atomic mass is 9.92. The lowest BCUT2D eigenvalue weighted by Crippen LogP contribution is -2.34. The maximum Gasteiger partial charge on any atom is 0.243 e. The fourth-order valence-electron chi connectivity index (χ4n) is 1.60. The normalized spacial score (nSPS) is 11.0. The van der Waals surface area contributed by atoms with Gasteiger partial charge in [-0.1, -0.05) is 20.8 Å². The van der Waals surface area contributed by atoms with E-state index in [1.165, 1.54) is 0 Å². The summed E-state index contributed by atoms with van der Waals surface area (Å²) in [4.78, 5) is 24.5. The summed E-state index contributed by atoms with van der Waals surface area (Å²) >= 11 is 1.65. The van der Waals surface area contributed by atoms with Gasteiger partial charge in [-0.25, -0.2) is 0 Å². The lowest BCUT2D eigenvalue weighted by molar-refractivity contribution is -0.125. The van der Waals surface area contributed by atoms with Gasteiger partial charge in [-0.05, 0) is 35.9 Å². The predicted octanol–water partition coefficient (Wildman–Crippen LogP) is 2.90. The lowest BCUT2D eigenvalue weighted by Gasteiger charge is -2.17. The number of thioether (sulfide) groups is 1. The van der Waals surface area contributed by atoms with E-state index < -0.39 is 0 Å². The summed E-state index contributed by atoms with van der Waals surface area (Å²) in [5, 5.41) is 5.38. The van der Waals surface area contributed by atoms with Gasteiger partial charge in [-0.15, -0.1) is 11.8 Å². The van der Waals surface area contributed by atoms with Gasteiger partial charge in [0.05, 0.1) is 6.54 Å². The second-order valence-corrected chi connectivity index (χ2v) is 6.67. The summed E-state index contributed by atoms with van der Waals surface area (Å²) in [7, 11) is 0. The zero-order valence-electron chi connectivity index (χ0n) is 12.4. The van der Waals surface area contributed by atoms with E-state index in [-0.39, 0.29) is 23.8 Å². The average Bonchev–Trinajstić information content (AvgIpc) is 2.35. The van der Waals surface area contributed by atoms with E-state index in [1.54, 1.807) is 11.8 Å². The molecule has 4 nitrogen and oxygen atoms in total. The number of carbonyl (C=O) groups excluding carboxylic acids is 2. The second kappa shape index (κ2) is 7.33. The van der Waals surface area contributed by atoms with Crippen LogP contribution in [0.5, 0.6) is 0 Å². The number of carbonyl (C=O) groups is 2. The highest BCUT2D eigenvalue weighted by Crippen LogP contribution is 2.18. The van der Waals surface area contributed by atoms with Crippen LogP contribution in [0, 0.1) is 5.41 Å². The van der Waals surface area contributed by atoms with Crippen molar-refractivity contribution in [2.75, 3.05) is 18.1 Å². The Kier molecular flexibility index (Phi) is 6.07. The highest BCUT2D eigenvalue weighted by Gasteiger charge is 2.16. The zero-order chi connectivity index (χ0) is 15.2. The molecule has 0 saturated carbocycles. The Labute approximate surface area is 124 Å². The van der Waals surface area contributed by atoms with Crippen LogP contribution in [0.3, 0.4) is 0 Å². The van der Waals surface area contributed by atoms with Crippen LogP contribution in [0.4, 0.5) is 5.69 Å². The largest absolute Gasteiger partial charge is 0.347 e. The number of hydrogen-bond donors (Lipinski definition) is 2. The topological polar surface area (TPSA) is 58.2 Å². The molecule has 5 heteroatoms. The van der Waals surface area contributed by atoms with Crippen LogP contribution in [0.1, 0.15) is 27.2 Å². The van der Waals surface area contributed by atoms with E-state index in [4.69, 9.17) is 0 Å². The van der Waals surface area contributed by atoms with E-state index in [9.17, 15) is 9.59 Å². The summed E-state index contributed by atoms with van der Waals surface area (Å²) in [6.45, 7) is 5.96. The van der Waals surface area contributed by atoms with Crippen LogP contribution in [0.2, 0.25) is 0 Å². The van der Waals surface area contributed by atoms with Crippen molar-refractivity contribution >= 4 is 29.3 Å². The first kappa shape index (κ1) is 16.6. The third-order valence-electron chi connectivity index (χ3n) is 2.51. The summed E-state index contributed by atoms with van der Waals surface area (Å²) in [6.07, 6.45) is 2.40. The van der Waals surface area contributed by atoms with Gasteiger partial charge in [-0.3, -0.25) is 9.59 Å². The van der Waals surface area contributed by atoms with Crippen molar-refractivity contribution in [3.05, 3.63) is 24.3 Å². The summed E-state index contributed by atoms with van der Waals surface area (Å²) in [5.74, 6) is -0.324. The third-order valence-corrected chi connectivity index (χ3v) is 3.25. The number of amides is 2. The molecule has 2 N–H and O–H groups in total.